The molecule has 0 N–H and O–H groups in total. The van der Waals surface area contributed by atoms with Crippen LogP contribution >= 0.6 is 0 Å². The Balaban J connectivity index is 1.09. The zero-order chi connectivity index (χ0) is 80.9. The Labute approximate surface area is 633 Å². The number of rotatable bonds is 11. The minimum atomic E-state index is -1.71. The van der Waals surface area contributed by atoms with Crippen molar-refractivity contribution in [3.63, 3.8) is 0 Å². The summed E-state index contributed by atoms with van der Waals surface area (Å²) in [4.78, 5) is 5.13. The maximum atomic E-state index is 9.67. The fourth-order valence-corrected chi connectivity index (χ4v) is 16.3. The van der Waals surface area contributed by atoms with E-state index in [4.69, 9.17) is 0 Å². The van der Waals surface area contributed by atoms with Crippen molar-refractivity contribution in [3.8, 4) is 33.6 Å². The molecule has 0 radical (unpaired) electrons. The Morgan fingerprint density at radius 2 is 0.615 bits per heavy atom. The molecule has 11 aromatic carbocycles. The Hall–Kier alpha value is -9.32. The highest BCUT2D eigenvalue weighted by molar-refractivity contribution is 7.00. The minimum absolute atomic E-state index is 0.160. The van der Waals surface area contributed by atoms with Gasteiger partial charge >= 0.3 is 0 Å². The molecule has 0 amide bonds. The van der Waals surface area contributed by atoms with Crippen LogP contribution in [-0.4, -0.2) is 15.8 Å². The van der Waals surface area contributed by atoms with E-state index >= 15 is 0 Å². The molecule has 0 atom stereocenters. The van der Waals surface area contributed by atoms with Gasteiger partial charge in [-0.3, -0.25) is 0 Å². The topological polar surface area (TPSA) is 16.3 Å². The zero-order valence-corrected chi connectivity index (χ0v) is 65.4. The highest BCUT2D eigenvalue weighted by Crippen LogP contribution is 2.52. The van der Waals surface area contributed by atoms with Crippen LogP contribution in [0.25, 0.3) is 77.2 Å². The predicted octanol–water partition coefficient (Wildman–Crippen LogP) is 25.8. The molecule has 0 fully saturated rings. The number of hydrogen-bond acceptors (Lipinski definition) is 2. The molecule has 4 nitrogen and oxygen atoms in total. The summed E-state index contributed by atoms with van der Waals surface area (Å²) in [5.41, 5.74) is 21.5. The van der Waals surface area contributed by atoms with E-state index in [-0.39, 0.29) is 23.0 Å². The van der Waals surface area contributed by atoms with Crippen molar-refractivity contribution in [2.24, 2.45) is 27.1 Å². The van der Waals surface area contributed by atoms with E-state index in [1.807, 2.05) is 132 Å². The molecule has 0 saturated carbocycles. The van der Waals surface area contributed by atoms with Crippen molar-refractivity contribution in [2.75, 3.05) is 9.80 Å². The molecule has 528 valence electrons. The summed E-state index contributed by atoms with van der Waals surface area (Å²) in [6.07, 6.45) is -6.10. The number of nitrogens with zero attached hydrogens (tertiary/aromatic N) is 4. The summed E-state index contributed by atoms with van der Waals surface area (Å²) in [6.45, 7) is 43.7. The summed E-state index contributed by atoms with van der Waals surface area (Å²) in [5, 5.41) is 3.37. The smallest absolute Gasteiger partial charge is 0.252 e. The molecule has 5 heteroatoms. The molecule has 0 aliphatic carbocycles. The molecule has 15 rings (SSSR count). The maximum absolute atomic E-state index is 9.67. The second kappa shape index (κ2) is 25.2. The molecular formula is C99H109BN4. The lowest BCUT2D eigenvalue weighted by molar-refractivity contribution is 0.411. The van der Waals surface area contributed by atoms with E-state index in [9.17, 15) is 11.0 Å². The van der Waals surface area contributed by atoms with Crippen molar-refractivity contribution >= 4 is 101 Å². The van der Waals surface area contributed by atoms with E-state index in [0.29, 0.717) is 22.3 Å². The fraction of sp³-hybridized carbons (Fsp3) is 0.333. The van der Waals surface area contributed by atoms with Crippen molar-refractivity contribution in [3.05, 3.63) is 257 Å². The first-order chi connectivity index (χ1) is 52.0. The molecular weight excluding hydrogens is 1260 g/mol. The first-order valence-electron chi connectivity index (χ1n) is 41.6. The predicted molar refractivity (Wildman–Crippen MR) is 453 cm³/mol. The van der Waals surface area contributed by atoms with Gasteiger partial charge in [-0.1, -0.05) is 255 Å². The van der Waals surface area contributed by atoms with Gasteiger partial charge in [0.05, 0.1) is 33.4 Å². The number of benzene rings is 11. The van der Waals surface area contributed by atoms with Crippen molar-refractivity contribution in [1.29, 1.82) is 0 Å². The summed E-state index contributed by atoms with van der Waals surface area (Å²) < 4.78 is 82.0. The summed E-state index contributed by atoms with van der Waals surface area (Å²) in [5.74, 6) is 0. The molecule has 104 heavy (non-hydrogen) atoms. The van der Waals surface area contributed by atoms with Gasteiger partial charge in [-0.25, -0.2) is 0 Å². The summed E-state index contributed by atoms with van der Waals surface area (Å²) in [6, 6.07) is 79.0. The van der Waals surface area contributed by atoms with Gasteiger partial charge in [-0.05, 0) is 245 Å². The van der Waals surface area contributed by atoms with Gasteiger partial charge in [0.25, 0.3) is 6.71 Å². The Morgan fingerprint density at radius 1 is 0.288 bits per heavy atom. The third kappa shape index (κ3) is 13.6. The van der Waals surface area contributed by atoms with Gasteiger partial charge in [-0.2, -0.15) is 0 Å². The fourth-order valence-electron chi connectivity index (χ4n) is 16.3. The van der Waals surface area contributed by atoms with Crippen molar-refractivity contribution in [2.45, 2.75) is 188 Å². The summed E-state index contributed by atoms with van der Waals surface area (Å²) >= 11 is 0. The molecule has 0 spiro atoms. The van der Waals surface area contributed by atoms with Crippen LogP contribution in [-0.2, 0) is 42.7 Å². The van der Waals surface area contributed by atoms with E-state index in [1.165, 1.54) is 16.7 Å². The Morgan fingerprint density at radius 3 is 0.913 bits per heavy atom. The zero-order valence-electron chi connectivity index (χ0n) is 73.4. The van der Waals surface area contributed by atoms with Gasteiger partial charge in [-0.15, -0.1) is 0 Å². The van der Waals surface area contributed by atoms with E-state index in [2.05, 4.69) is 251 Å². The van der Waals surface area contributed by atoms with E-state index < -0.39 is 47.2 Å². The largest absolute Gasteiger partial charge is 0.311 e. The van der Waals surface area contributed by atoms with Crippen LogP contribution in [0.2, 0.25) is 0 Å². The van der Waals surface area contributed by atoms with Crippen molar-refractivity contribution in [1.82, 2.24) is 9.13 Å². The quantitative estimate of drug-likeness (QED) is 0.120. The van der Waals surface area contributed by atoms with Crippen LogP contribution in [0.1, 0.15) is 195 Å². The molecule has 2 aliphatic rings. The molecule has 13 aromatic rings. The molecule has 4 heterocycles. The normalized spacial score (nSPS) is 15.5. The van der Waals surface area contributed by atoms with E-state index in [1.54, 1.807) is 0 Å². The lowest BCUT2D eigenvalue weighted by atomic mass is 9.33. The molecule has 2 aliphatic heterocycles. The lowest BCUT2D eigenvalue weighted by Crippen LogP contribution is -2.61. The molecule has 0 saturated heterocycles. The van der Waals surface area contributed by atoms with Crippen LogP contribution < -0.4 is 26.2 Å². The van der Waals surface area contributed by atoms with Gasteiger partial charge in [0, 0.05) is 77.8 Å². The van der Waals surface area contributed by atoms with Crippen LogP contribution in [0.15, 0.2) is 218 Å². The molecule has 2 aromatic heterocycles. The number of aromatic nitrogens is 2. The SMILES string of the molecule is [2H]C([2H])(c1ccc2c(c1)c1cc(C([2H])([2H])C(C)(C)C)ccc1n2-c1ccc2c(c1)N(c1ccc(C(C)(C)C)cc1-c1ccccc1)c1cc(CC(C)(C)C)cc3c1B2c1ccc(-n2c4ccc(C([2H])([2H])C(C)(C)C)cc4c4cc(C([2H])([2H])C(C)(C)C)ccc42)cc1N3c1ccc(C(C)(C)C)cc1-c1ccccc1)C(C)(C)C. The summed E-state index contributed by atoms with van der Waals surface area (Å²) in [7, 11) is 0. The minimum Gasteiger partial charge on any atom is -0.311 e. The molecule has 0 bridgehead atoms. The molecule has 0 unspecified atom stereocenters. The van der Waals surface area contributed by atoms with Crippen LogP contribution in [0, 0.1) is 27.1 Å². The highest BCUT2D eigenvalue weighted by Gasteiger charge is 2.45. The number of fused-ring (bicyclic) bond motifs is 10. The van der Waals surface area contributed by atoms with Crippen LogP contribution in [0.4, 0.5) is 34.1 Å². The van der Waals surface area contributed by atoms with Crippen molar-refractivity contribution < 1.29 is 11.0 Å². The lowest BCUT2D eigenvalue weighted by Gasteiger charge is -2.45. The second-order valence-electron chi connectivity index (χ2n) is 37.2. The number of anilines is 6. The third-order valence-electron chi connectivity index (χ3n) is 20.3. The highest BCUT2D eigenvalue weighted by atomic mass is 15.2. The van der Waals surface area contributed by atoms with E-state index in [0.717, 1.165) is 134 Å². The van der Waals surface area contributed by atoms with Crippen LogP contribution in [0.5, 0.6) is 0 Å². The third-order valence-corrected chi connectivity index (χ3v) is 20.3. The van der Waals surface area contributed by atoms with Gasteiger partial charge in [0.1, 0.15) is 0 Å². The Bertz CT molecular complexity index is 5410. The monoisotopic (exact) mass is 1370 g/mol. The van der Waals surface area contributed by atoms with Gasteiger partial charge in [0.15, 0.2) is 0 Å². The first-order valence-corrected chi connectivity index (χ1v) is 37.6. The Kier molecular flexibility index (Phi) is 14.8. The number of hydrogen-bond donors (Lipinski definition) is 0. The average molecular weight is 1370 g/mol. The first kappa shape index (κ1) is 61.0. The maximum Gasteiger partial charge on any atom is 0.252 e. The second-order valence-corrected chi connectivity index (χ2v) is 37.2. The van der Waals surface area contributed by atoms with Gasteiger partial charge in [0.2, 0.25) is 0 Å². The standard InChI is InChI=1S/C99H109BN4/c1-93(2,3)58-63-32-42-84-76(48-63)77-49-64(59-94(4,5)6)33-43-85(77)101(84)72-38-40-80-88(56-72)103(82-46-36-70(98(16,17)18)54-74(82)68-28-24-22-25-29-68)90-52-67(62-97(13,14)15)53-91-92(90)100(80)81-41-39-73(57-89(81)104(91)83-47-37-71(99(19,20)21)55-75(83)69-30-26-23-27-31-69)102-86-44-34-65(60-95(7,8)9)50-78(86)79-51-66(35-45-87(79)102)61-96(10,11)12/h22-57H,58-62H2,1-21H3/i58D2,59D2,60D2,61D2. The van der Waals surface area contributed by atoms with Crippen LogP contribution in [0.3, 0.4) is 0 Å². The average Bonchev–Trinajstić information content (AvgIpc) is 0.905. The van der Waals surface area contributed by atoms with Gasteiger partial charge < -0.3 is 18.9 Å².